The fourth-order valence-electron chi connectivity index (χ4n) is 3.69. The van der Waals surface area contributed by atoms with Crippen molar-refractivity contribution in [1.82, 2.24) is 29.8 Å². The van der Waals surface area contributed by atoms with E-state index in [1.54, 1.807) is 0 Å². The summed E-state index contributed by atoms with van der Waals surface area (Å²) in [6, 6.07) is 6.00. The first-order valence-corrected chi connectivity index (χ1v) is 10.4. The van der Waals surface area contributed by atoms with Gasteiger partial charge < -0.3 is 20.3 Å². The van der Waals surface area contributed by atoms with Crippen LogP contribution >= 0.6 is 0 Å². The van der Waals surface area contributed by atoms with Crippen LogP contribution in [0, 0.1) is 6.92 Å². The Bertz CT molecular complexity index is 1080. The van der Waals surface area contributed by atoms with Gasteiger partial charge in [-0.25, -0.2) is 4.98 Å². The lowest BCUT2D eigenvalue weighted by Gasteiger charge is -2.27. The Morgan fingerprint density at radius 3 is 2.61 bits per heavy atom. The standard InChI is InChI=1S/C22H28N8O.2H2/c1-5-17-18(7-6-8-19(17)24-4)20-26-21(29-9-11-31-12-10-29)28-22(27-20)30-14-16(13-23-3)25-15(30)2;;/h5-8,14,23-24H,1,9-13H2,2-4H3;2*1H. The van der Waals surface area contributed by atoms with E-state index in [1.807, 2.05) is 56.1 Å². The van der Waals surface area contributed by atoms with Crippen LogP contribution in [-0.2, 0) is 11.3 Å². The van der Waals surface area contributed by atoms with Gasteiger partial charge in [-0.1, -0.05) is 24.8 Å². The van der Waals surface area contributed by atoms with Gasteiger partial charge >= 0.3 is 0 Å². The number of nitrogens with one attached hydrogen (secondary N) is 2. The second-order valence-corrected chi connectivity index (χ2v) is 7.26. The minimum atomic E-state index is 0. The van der Waals surface area contributed by atoms with E-state index in [0.29, 0.717) is 37.5 Å². The molecule has 0 saturated carbocycles. The van der Waals surface area contributed by atoms with Crippen molar-refractivity contribution >= 4 is 17.7 Å². The smallest absolute Gasteiger partial charge is 0.240 e. The second-order valence-electron chi connectivity index (χ2n) is 7.26. The molecule has 0 radical (unpaired) electrons. The maximum atomic E-state index is 5.51. The highest BCUT2D eigenvalue weighted by molar-refractivity contribution is 5.80. The van der Waals surface area contributed by atoms with Crippen molar-refractivity contribution in [2.75, 3.05) is 50.6 Å². The molecule has 1 saturated heterocycles. The highest BCUT2D eigenvalue weighted by Crippen LogP contribution is 2.29. The van der Waals surface area contributed by atoms with Crippen LogP contribution in [0.25, 0.3) is 23.4 Å². The first kappa shape index (κ1) is 21.0. The van der Waals surface area contributed by atoms with Gasteiger partial charge in [0.05, 0.1) is 18.9 Å². The van der Waals surface area contributed by atoms with Crippen molar-refractivity contribution < 1.29 is 7.59 Å². The highest BCUT2D eigenvalue weighted by atomic mass is 16.5. The predicted molar refractivity (Wildman–Crippen MR) is 127 cm³/mol. The summed E-state index contributed by atoms with van der Waals surface area (Å²) >= 11 is 0. The molecule has 3 aromatic rings. The fourth-order valence-corrected chi connectivity index (χ4v) is 3.69. The third-order valence-corrected chi connectivity index (χ3v) is 5.23. The molecule has 1 aliphatic rings. The van der Waals surface area contributed by atoms with Crippen molar-refractivity contribution in [3.8, 4) is 17.3 Å². The second kappa shape index (κ2) is 9.23. The topological polar surface area (TPSA) is 93.0 Å². The SMILES string of the molecule is C=Cc1c(NC)cccc1-c1nc(N2CCOCC2)nc(-n2cc(CNC)nc2C)n1.[HH].[HH]. The summed E-state index contributed by atoms with van der Waals surface area (Å²) in [5.41, 5.74) is 3.75. The van der Waals surface area contributed by atoms with Gasteiger partial charge in [0.2, 0.25) is 11.9 Å². The number of hydrogen-bond donors (Lipinski definition) is 2. The van der Waals surface area contributed by atoms with Gasteiger partial charge in [0, 0.05) is 52.5 Å². The van der Waals surface area contributed by atoms with E-state index in [4.69, 9.17) is 19.7 Å². The third kappa shape index (κ3) is 4.28. The monoisotopic (exact) mass is 424 g/mol. The molecule has 0 unspecified atom stereocenters. The largest absolute Gasteiger partial charge is 0.388 e. The van der Waals surface area contributed by atoms with E-state index in [2.05, 4.69) is 27.1 Å². The molecule has 9 nitrogen and oxygen atoms in total. The maximum Gasteiger partial charge on any atom is 0.240 e. The number of nitrogens with zero attached hydrogens (tertiary/aromatic N) is 6. The fraction of sp³-hybridized carbons (Fsp3) is 0.364. The summed E-state index contributed by atoms with van der Waals surface area (Å²) in [5, 5.41) is 6.35. The molecule has 1 aliphatic heterocycles. The molecular formula is C22H32N8O. The lowest BCUT2D eigenvalue weighted by molar-refractivity contribution is 0.122. The lowest BCUT2D eigenvalue weighted by Crippen LogP contribution is -2.37. The number of imidazole rings is 1. The predicted octanol–water partition coefficient (Wildman–Crippen LogP) is 2.77. The molecule has 1 aromatic carbocycles. The van der Waals surface area contributed by atoms with Gasteiger partial charge in [0.25, 0.3) is 0 Å². The average Bonchev–Trinajstić information content (AvgIpc) is 3.19. The molecular weight excluding hydrogens is 392 g/mol. The summed E-state index contributed by atoms with van der Waals surface area (Å²) in [6.45, 7) is 9.40. The zero-order valence-corrected chi connectivity index (χ0v) is 18.2. The van der Waals surface area contributed by atoms with Crippen LogP contribution in [-0.4, -0.2) is 64.9 Å². The first-order valence-electron chi connectivity index (χ1n) is 10.4. The lowest BCUT2D eigenvalue weighted by atomic mass is 10.0. The van der Waals surface area contributed by atoms with Crippen molar-refractivity contribution in [3.63, 3.8) is 0 Å². The minimum absolute atomic E-state index is 0. The maximum absolute atomic E-state index is 5.51. The van der Waals surface area contributed by atoms with E-state index >= 15 is 0 Å². The van der Waals surface area contributed by atoms with Crippen LogP contribution in [0.5, 0.6) is 0 Å². The number of aryl methyl sites for hydroxylation is 1. The molecule has 166 valence electrons. The molecule has 0 aliphatic carbocycles. The van der Waals surface area contributed by atoms with E-state index in [9.17, 15) is 0 Å². The van der Waals surface area contributed by atoms with Crippen molar-refractivity contribution in [2.24, 2.45) is 0 Å². The average molecular weight is 425 g/mol. The zero-order valence-electron chi connectivity index (χ0n) is 18.2. The van der Waals surface area contributed by atoms with Crippen LogP contribution < -0.4 is 15.5 Å². The Morgan fingerprint density at radius 1 is 1.13 bits per heavy atom. The Hall–Kier alpha value is -3.30. The number of hydrogen-bond acceptors (Lipinski definition) is 8. The molecule has 0 atom stereocenters. The van der Waals surface area contributed by atoms with Gasteiger partial charge in [-0.15, -0.1) is 0 Å². The molecule has 0 amide bonds. The Balaban J connectivity index is 0.00000193. The van der Waals surface area contributed by atoms with Gasteiger partial charge in [-0.3, -0.25) is 4.57 Å². The number of rotatable bonds is 7. The first-order chi connectivity index (χ1) is 15.1. The molecule has 2 aromatic heterocycles. The number of morpholine rings is 1. The molecule has 31 heavy (non-hydrogen) atoms. The third-order valence-electron chi connectivity index (χ3n) is 5.23. The molecule has 0 spiro atoms. The van der Waals surface area contributed by atoms with Crippen LogP contribution in [0.1, 0.15) is 19.9 Å². The molecule has 2 N–H and O–H groups in total. The van der Waals surface area contributed by atoms with Gasteiger partial charge in [-0.05, 0) is 20.0 Å². The van der Waals surface area contributed by atoms with Crippen LogP contribution in [0.15, 0.2) is 31.0 Å². The van der Waals surface area contributed by atoms with Gasteiger partial charge in [0.15, 0.2) is 5.82 Å². The van der Waals surface area contributed by atoms with Crippen LogP contribution in [0.3, 0.4) is 0 Å². The zero-order chi connectivity index (χ0) is 21.8. The quantitative estimate of drug-likeness (QED) is 0.598. The number of ether oxygens (including phenoxy) is 1. The minimum Gasteiger partial charge on any atom is -0.388 e. The summed E-state index contributed by atoms with van der Waals surface area (Å²) < 4.78 is 7.42. The van der Waals surface area contributed by atoms with E-state index in [0.717, 1.165) is 41.4 Å². The molecule has 1 fully saturated rings. The summed E-state index contributed by atoms with van der Waals surface area (Å²) in [6.07, 6.45) is 3.79. The van der Waals surface area contributed by atoms with E-state index in [-0.39, 0.29) is 2.85 Å². The Kier molecular flexibility index (Phi) is 6.24. The van der Waals surface area contributed by atoms with E-state index in [1.165, 1.54) is 0 Å². The number of aromatic nitrogens is 5. The van der Waals surface area contributed by atoms with Gasteiger partial charge in [0.1, 0.15) is 5.82 Å². The van der Waals surface area contributed by atoms with Crippen molar-refractivity contribution in [2.45, 2.75) is 13.5 Å². The molecule has 4 rings (SSSR count). The highest BCUT2D eigenvalue weighted by Gasteiger charge is 2.20. The van der Waals surface area contributed by atoms with Crippen molar-refractivity contribution in [1.29, 1.82) is 0 Å². The number of anilines is 2. The Morgan fingerprint density at radius 2 is 1.90 bits per heavy atom. The molecule has 0 bridgehead atoms. The normalized spacial score (nSPS) is 14.0. The Labute approximate surface area is 185 Å². The van der Waals surface area contributed by atoms with Crippen LogP contribution in [0.4, 0.5) is 11.6 Å². The van der Waals surface area contributed by atoms with Crippen LogP contribution in [0.2, 0.25) is 0 Å². The van der Waals surface area contributed by atoms with Crippen molar-refractivity contribution in [3.05, 3.63) is 48.1 Å². The van der Waals surface area contributed by atoms with Gasteiger partial charge in [-0.2, -0.15) is 15.0 Å². The number of benzene rings is 1. The summed E-state index contributed by atoms with van der Waals surface area (Å²) in [7, 11) is 3.79. The molecule has 9 heteroatoms. The van der Waals surface area contributed by atoms with E-state index < -0.39 is 0 Å². The molecule has 3 heterocycles. The summed E-state index contributed by atoms with van der Waals surface area (Å²) in [4.78, 5) is 21.2. The summed E-state index contributed by atoms with van der Waals surface area (Å²) in [5.74, 6) is 2.60.